The molecule has 1 fully saturated rings. The van der Waals surface area contributed by atoms with Crippen LogP contribution >= 0.6 is 0 Å². The molecule has 1 heterocycles. The Balaban J connectivity index is 2.06. The van der Waals surface area contributed by atoms with Crippen molar-refractivity contribution < 1.29 is 0 Å². The molecule has 1 aromatic heterocycles. The van der Waals surface area contributed by atoms with Gasteiger partial charge in [0.1, 0.15) is 0 Å². The second kappa shape index (κ2) is 5.44. The molecule has 1 N–H and O–H groups in total. The second-order valence-corrected chi connectivity index (χ2v) is 4.96. The third-order valence-corrected chi connectivity index (χ3v) is 3.83. The monoisotopic (exact) mass is 218 g/mol. The van der Waals surface area contributed by atoms with Crippen molar-refractivity contribution >= 4 is 0 Å². The second-order valence-electron chi connectivity index (χ2n) is 4.96. The molecule has 0 saturated heterocycles. The maximum atomic E-state index is 4.17. The first-order valence-corrected chi connectivity index (χ1v) is 6.39. The lowest BCUT2D eigenvalue weighted by Crippen LogP contribution is -2.20. The van der Waals surface area contributed by atoms with E-state index in [1.807, 2.05) is 12.4 Å². The summed E-state index contributed by atoms with van der Waals surface area (Å²) in [6, 6.07) is 2.66. The minimum absolute atomic E-state index is 0.506. The zero-order chi connectivity index (χ0) is 11.4. The zero-order valence-electron chi connectivity index (χ0n) is 10.4. The van der Waals surface area contributed by atoms with E-state index in [4.69, 9.17) is 0 Å². The molecule has 2 heteroatoms. The fourth-order valence-electron chi connectivity index (χ4n) is 2.85. The van der Waals surface area contributed by atoms with Crippen LogP contribution in [0.25, 0.3) is 0 Å². The molecular formula is C14H22N2. The van der Waals surface area contributed by atoms with Gasteiger partial charge in [0.05, 0.1) is 0 Å². The van der Waals surface area contributed by atoms with E-state index in [2.05, 4.69) is 30.3 Å². The number of nitrogens with one attached hydrogen (secondary N) is 1. The summed E-state index contributed by atoms with van der Waals surface area (Å²) < 4.78 is 0. The first-order chi connectivity index (χ1) is 7.81. The van der Waals surface area contributed by atoms with Crippen LogP contribution in [0.4, 0.5) is 0 Å². The van der Waals surface area contributed by atoms with Crippen LogP contribution in [0.2, 0.25) is 0 Å². The van der Waals surface area contributed by atoms with Crippen LogP contribution in [-0.4, -0.2) is 12.0 Å². The minimum atomic E-state index is 0.506. The van der Waals surface area contributed by atoms with E-state index in [1.165, 1.54) is 43.2 Å². The maximum Gasteiger partial charge on any atom is 0.0323 e. The third kappa shape index (κ3) is 2.62. The molecule has 0 aliphatic heterocycles. The molecule has 2 rings (SSSR count). The minimum Gasteiger partial charge on any atom is -0.313 e. The fourth-order valence-corrected chi connectivity index (χ4v) is 2.85. The summed E-state index contributed by atoms with van der Waals surface area (Å²) in [5, 5.41) is 3.46. The number of hydrogen-bond donors (Lipinski definition) is 1. The molecule has 0 aromatic carbocycles. The highest BCUT2D eigenvalue weighted by atomic mass is 14.9. The van der Waals surface area contributed by atoms with Crippen LogP contribution in [-0.2, 0) is 0 Å². The standard InChI is InChI=1S/C14H22N2/c1-11-10-16-8-7-13(11)14(15-2)9-12-5-3-4-6-12/h7-8,10,12,14-15H,3-6,9H2,1-2H3. The van der Waals surface area contributed by atoms with Crippen molar-refractivity contribution in [1.82, 2.24) is 10.3 Å². The molecule has 1 aromatic rings. The van der Waals surface area contributed by atoms with Gasteiger partial charge in [-0.05, 0) is 43.5 Å². The summed E-state index contributed by atoms with van der Waals surface area (Å²) in [6.45, 7) is 2.15. The predicted octanol–water partition coefficient (Wildman–Crippen LogP) is 3.23. The summed E-state index contributed by atoms with van der Waals surface area (Å²) >= 11 is 0. The van der Waals surface area contributed by atoms with Crippen LogP contribution in [0.15, 0.2) is 18.5 Å². The Kier molecular flexibility index (Phi) is 3.94. The number of rotatable bonds is 4. The smallest absolute Gasteiger partial charge is 0.0323 e. The Labute approximate surface area is 98.5 Å². The Hall–Kier alpha value is -0.890. The number of aromatic nitrogens is 1. The van der Waals surface area contributed by atoms with Gasteiger partial charge in [-0.2, -0.15) is 0 Å². The lowest BCUT2D eigenvalue weighted by atomic mass is 9.92. The van der Waals surface area contributed by atoms with Gasteiger partial charge in [0.15, 0.2) is 0 Å². The number of pyridine rings is 1. The predicted molar refractivity (Wildman–Crippen MR) is 67.3 cm³/mol. The van der Waals surface area contributed by atoms with Gasteiger partial charge in [-0.25, -0.2) is 0 Å². The van der Waals surface area contributed by atoms with Gasteiger partial charge in [0, 0.05) is 18.4 Å². The van der Waals surface area contributed by atoms with Gasteiger partial charge < -0.3 is 5.32 Å². The van der Waals surface area contributed by atoms with Crippen LogP contribution in [0.1, 0.15) is 49.3 Å². The highest BCUT2D eigenvalue weighted by Crippen LogP contribution is 2.33. The van der Waals surface area contributed by atoms with Gasteiger partial charge in [0.25, 0.3) is 0 Å². The molecule has 0 spiro atoms. The van der Waals surface area contributed by atoms with Gasteiger partial charge in [-0.15, -0.1) is 0 Å². The summed E-state index contributed by atoms with van der Waals surface area (Å²) in [5.41, 5.74) is 2.73. The van der Waals surface area contributed by atoms with E-state index >= 15 is 0 Å². The van der Waals surface area contributed by atoms with Crippen molar-refractivity contribution in [2.24, 2.45) is 5.92 Å². The van der Waals surface area contributed by atoms with Crippen molar-refractivity contribution in [2.75, 3.05) is 7.05 Å². The summed E-state index contributed by atoms with van der Waals surface area (Å²) in [4.78, 5) is 4.17. The number of nitrogens with zero attached hydrogens (tertiary/aromatic N) is 1. The van der Waals surface area contributed by atoms with Gasteiger partial charge >= 0.3 is 0 Å². The normalized spacial score (nSPS) is 18.9. The van der Waals surface area contributed by atoms with Crippen molar-refractivity contribution in [2.45, 2.75) is 45.1 Å². The van der Waals surface area contributed by atoms with Crippen LogP contribution in [0, 0.1) is 12.8 Å². The molecule has 1 aliphatic rings. The Bertz CT molecular complexity index is 329. The molecule has 1 unspecified atom stereocenters. The van der Waals surface area contributed by atoms with Crippen LogP contribution < -0.4 is 5.32 Å². The average molecular weight is 218 g/mol. The van der Waals surface area contributed by atoms with Gasteiger partial charge in [0.2, 0.25) is 0 Å². The van der Waals surface area contributed by atoms with Crippen molar-refractivity contribution in [3.05, 3.63) is 29.6 Å². The van der Waals surface area contributed by atoms with Crippen LogP contribution in [0.3, 0.4) is 0 Å². The van der Waals surface area contributed by atoms with E-state index in [-0.39, 0.29) is 0 Å². The molecule has 0 radical (unpaired) electrons. The molecule has 16 heavy (non-hydrogen) atoms. The van der Waals surface area contributed by atoms with Gasteiger partial charge in [-0.1, -0.05) is 25.7 Å². The SMILES string of the molecule is CNC(CC1CCCC1)c1ccncc1C. The summed E-state index contributed by atoms with van der Waals surface area (Å²) in [7, 11) is 2.07. The lowest BCUT2D eigenvalue weighted by Gasteiger charge is -2.21. The molecule has 1 atom stereocenters. The fraction of sp³-hybridized carbons (Fsp3) is 0.643. The lowest BCUT2D eigenvalue weighted by molar-refractivity contribution is 0.412. The molecule has 0 bridgehead atoms. The summed E-state index contributed by atoms with van der Waals surface area (Å²) in [5.74, 6) is 0.921. The molecule has 2 nitrogen and oxygen atoms in total. The van der Waals surface area contributed by atoms with E-state index in [9.17, 15) is 0 Å². The average Bonchev–Trinajstić information content (AvgIpc) is 2.80. The topological polar surface area (TPSA) is 24.9 Å². The Morgan fingerprint density at radius 3 is 2.81 bits per heavy atom. The molecule has 1 aliphatic carbocycles. The molecule has 88 valence electrons. The quantitative estimate of drug-likeness (QED) is 0.839. The van der Waals surface area contributed by atoms with E-state index < -0.39 is 0 Å². The third-order valence-electron chi connectivity index (χ3n) is 3.83. The Morgan fingerprint density at radius 2 is 2.19 bits per heavy atom. The highest BCUT2D eigenvalue weighted by molar-refractivity contribution is 5.25. The van der Waals surface area contributed by atoms with Crippen molar-refractivity contribution in [3.8, 4) is 0 Å². The van der Waals surface area contributed by atoms with E-state index in [1.54, 1.807) is 0 Å². The highest BCUT2D eigenvalue weighted by Gasteiger charge is 2.21. The van der Waals surface area contributed by atoms with Gasteiger partial charge in [-0.3, -0.25) is 4.98 Å². The molecule has 1 saturated carbocycles. The first kappa shape index (κ1) is 11.6. The van der Waals surface area contributed by atoms with Crippen LogP contribution in [0.5, 0.6) is 0 Å². The maximum absolute atomic E-state index is 4.17. The van der Waals surface area contributed by atoms with Crippen molar-refractivity contribution in [3.63, 3.8) is 0 Å². The number of aryl methyl sites for hydroxylation is 1. The van der Waals surface area contributed by atoms with E-state index in [0.717, 1.165) is 5.92 Å². The first-order valence-electron chi connectivity index (χ1n) is 6.39. The molecule has 0 amide bonds. The summed E-state index contributed by atoms with van der Waals surface area (Å²) in [6.07, 6.45) is 10.8. The zero-order valence-corrected chi connectivity index (χ0v) is 10.4. The number of hydrogen-bond acceptors (Lipinski definition) is 2. The van der Waals surface area contributed by atoms with Crippen molar-refractivity contribution in [1.29, 1.82) is 0 Å². The van der Waals surface area contributed by atoms with E-state index in [0.29, 0.717) is 6.04 Å². The molecular weight excluding hydrogens is 196 g/mol. The Morgan fingerprint density at radius 1 is 1.44 bits per heavy atom. The largest absolute Gasteiger partial charge is 0.313 e.